The molecule has 0 radical (unpaired) electrons. The zero-order valence-electron chi connectivity index (χ0n) is 18.6. The Bertz CT molecular complexity index is 691. The maximum atomic E-state index is 12.3. The molecular formula is C24H36O5. The molecule has 0 aromatic rings. The van der Waals surface area contributed by atoms with Gasteiger partial charge in [0, 0.05) is 38.0 Å². The number of hydrogen-bond donors (Lipinski definition) is 0. The zero-order chi connectivity index (χ0) is 21.8. The first-order chi connectivity index (χ1) is 13.5. The second kappa shape index (κ2) is 9.73. The van der Waals surface area contributed by atoms with Crippen LogP contribution < -0.4 is 0 Å². The third-order valence-corrected chi connectivity index (χ3v) is 6.90. The van der Waals surface area contributed by atoms with E-state index in [0.29, 0.717) is 30.5 Å². The molecular weight excluding hydrogens is 368 g/mol. The van der Waals surface area contributed by atoms with E-state index in [1.807, 2.05) is 19.9 Å². The molecule has 0 spiro atoms. The van der Waals surface area contributed by atoms with Crippen molar-refractivity contribution in [3.8, 4) is 0 Å². The van der Waals surface area contributed by atoms with Gasteiger partial charge in [0.05, 0.1) is 0 Å². The fourth-order valence-corrected chi connectivity index (χ4v) is 4.94. The van der Waals surface area contributed by atoms with Crippen LogP contribution >= 0.6 is 0 Å². The molecule has 0 bridgehead atoms. The first kappa shape index (κ1) is 23.4. The Morgan fingerprint density at radius 3 is 2.52 bits per heavy atom. The molecule has 29 heavy (non-hydrogen) atoms. The average Bonchev–Trinajstić information content (AvgIpc) is 2.67. The fourth-order valence-electron chi connectivity index (χ4n) is 4.94. The molecule has 2 aliphatic rings. The lowest BCUT2D eigenvalue weighted by Gasteiger charge is -2.57. The molecule has 0 aliphatic heterocycles. The third kappa shape index (κ3) is 5.80. The minimum absolute atomic E-state index is 0.0736. The van der Waals surface area contributed by atoms with Crippen LogP contribution in [0.2, 0.25) is 0 Å². The number of rotatable bonds is 6. The minimum Gasteiger partial charge on any atom is -0.462 e. The van der Waals surface area contributed by atoms with Crippen LogP contribution in [0.3, 0.4) is 0 Å². The Morgan fingerprint density at radius 1 is 1.21 bits per heavy atom. The molecule has 0 unspecified atom stereocenters. The van der Waals surface area contributed by atoms with E-state index in [0.717, 1.165) is 36.8 Å². The van der Waals surface area contributed by atoms with Crippen LogP contribution in [0, 0.1) is 23.2 Å². The molecule has 2 saturated carbocycles. The lowest BCUT2D eigenvalue weighted by atomic mass is 9.49. The molecule has 0 amide bonds. The number of Topliss-reactive ketones (excluding diaryl/α,β-unsaturated/α-hetero) is 1. The summed E-state index contributed by atoms with van der Waals surface area (Å²) < 4.78 is 10.8. The highest BCUT2D eigenvalue weighted by Crippen LogP contribution is 2.60. The number of hydrogen-bond acceptors (Lipinski definition) is 5. The van der Waals surface area contributed by atoms with Gasteiger partial charge >= 0.3 is 11.9 Å². The Hall–Kier alpha value is -1.91. The Labute approximate surface area is 174 Å². The van der Waals surface area contributed by atoms with Crippen molar-refractivity contribution in [3.63, 3.8) is 0 Å². The molecule has 2 aliphatic carbocycles. The van der Waals surface area contributed by atoms with E-state index in [9.17, 15) is 14.4 Å². The summed E-state index contributed by atoms with van der Waals surface area (Å²) in [5.74, 6) is 0.559. The third-order valence-electron chi connectivity index (χ3n) is 6.90. The van der Waals surface area contributed by atoms with E-state index in [4.69, 9.17) is 9.47 Å². The molecule has 2 rings (SSSR count). The number of fused-ring (bicyclic) bond motifs is 1. The standard InChI is InChI=1S/C24H36O5/c1-15(14-28-18(4)25)7-12-23(29-19(5)26)24(6)13-20-16(2)9-11-22(27)17(3)8-10-21(20)24/h7,17,20-21,23H,2,8-14H2,1,3-6H3/b15-7-/t17-,20-,21-,23-,24-/m0/s1. The van der Waals surface area contributed by atoms with Gasteiger partial charge in [-0.05, 0) is 50.0 Å². The highest BCUT2D eigenvalue weighted by molar-refractivity contribution is 5.80. The van der Waals surface area contributed by atoms with Crippen molar-refractivity contribution in [3.05, 3.63) is 23.8 Å². The quantitative estimate of drug-likeness (QED) is 0.470. The highest BCUT2D eigenvalue weighted by atomic mass is 16.5. The van der Waals surface area contributed by atoms with Gasteiger partial charge in [0.2, 0.25) is 0 Å². The number of ether oxygens (including phenoxy) is 2. The van der Waals surface area contributed by atoms with Crippen LogP contribution in [0.5, 0.6) is 0 Å². The molecule has 162 valence electrons. The average molecular weight is 405 g/mol. The molecule has 0 aromatic carbocycles. The highest BCUT2D eigenvalue weighted by Gasteiger charge is 2.56. The van der Waals surface area contributed by atoms with Crippen LogP contribution in [0.4, 0.5) is 0 Å². The van der Waals surface area contributed by atoms with Crippen molar-refractivity contribution in [2.45, 2.75) is 79.2 Å². The lowest BCUT2D eigenvalue weighted by Crippen LogP contribution is -2.54. The molecule has 5 nitrogen and oxygen atoms in total. The number of ketones is 1. The molecule has 0 saturated heterocycles. The van der Waals surface area contributed by atoms with Crippen LogP contribution in [-0.4, -0.2) is 30.4 Å². The molecule has 5 heteroatoms. The van der Waals surface area contributed by atoms with Crippen molar-refractivity contribution in [2.75, 3.05) is 6.61 Å². The number of allylic oxidation sites excluding steroid dienone is 1. The second-order valence-electron chi connectivity index (χ2n) is 9.19. The molecule has 0 heterocycles. The van der Waals surface area contributed by atoms with E-state index < -0.39 is 0 Å². The summed E-state index contributed by atoms with van der Waals surface area (Å²) in [4.78, 5) is 35.1. The van der Waals surface area contributed by atoms with E-state index >= 15 is 0 Å². The zero-order valence-corrected chi connectivity index (χ0v) is 18.6. The molecule has 5 atom stereocenters. The predicted molar refractivity (Wildman–Crippen MR) is 112 cm³/mol. The normalized spacial score (nSPS) is 31.5. The van der Waals surface area contributed by atoms with Gasteiger partial charge in [-0.2, -0.15) is 0 Å². The first-order valence-electron chi connectivity index (χ1n) is 10.7. The van der Waals surface area contributed by atoms with Crippen LogP contribution in [0.15, 0.2) is 23.8 Å². The SMILES string of the molecule is C=C1CCC(=O)[C@@H](C)CC[C@H]2[C@H]1C[C@]2(C)[C@H](C/C=C(/C)COC(C)=O)OC(C)=O. The van der Waals surface area contributed by atoms with Crippen molar-refractivity contribution in [1.29, 1.82) is 0 Å². The minimum atomic E-state index is -0.309. The van der Waals surface area contributed by atoms with Crippen LogP contribution in [-0.2, 0) is 23.9 Å². The summed E-state index contributed by atoms with van der Waals surface area (Å²) in [6, 6.07) is 0. The van der Waals surface area contributed by atoms with Crippen LogP contribution in [0.25, 0.3) is 0 Å². The monoisotopic (exact) mass is 404 g/mol. The van der Waals surface area contributed by atoms with Crippen molar-refractivity contribution < 1.29 is 23.9 Å². The van der Waals surface area contributed by atoms with Gasteiger partial charge in [-0.1, -0.05) is 32.1 Å². The smallest absolute Gasteiger partial charge is 0.302 e. The topological polar surface area (TPSA) is 69.7 Å². The molecule has 0 aromatic heterocycles. The summed E-state index contributed by atoms with van der Waals surface area (Å²) in [5, 5.41) is 0. The summed E-state index contributed by atoms with van der Waals surface area (Å²) in [7, 11) is 0. The lowest BCUT2D eigenvalue weighted by molar-refractivity contribution is -0.170. The molecule has 2 fully saturated rings. The number of carbonyl (C=O) groups excluding carboxylic acids is 3. The second-order valence-corrected chi connectivity index (χ2v) is 9.19. The van der Waals surface area contributed by atoms with Crippen molar-refractivity contribution in [1.82, 2.24) is 0 Å². The summed E-state index contributed by atoms with van der Waals surface area (Å²) in [6.45, 7) is 13.5. The number of esters is 2. The van der Waals surface area contributed by atoms with Gasteiger partial charge in [-0.15, -0.1) is 0 Å². The van der Waals surface area contributed by atoms with E-state index in [1.54, 1.807) is 0 Å². The summed E-state index contributed by atoms with van der Waals surface area (Å²) in [5.41, 5.74) is 1.96. The molecule has 0 N–H and O–H groups in total. The van der Waals surface area contributed by atoms with Gasteiger partial charge in [0.15, 0.2) is 0 Å². The van der Waals surface area contributed by atoms with Crippen LogP contribution in [0.1, 0.15) is 73.1 Å². The van der Waals surface area contributed by atoms with Crippen molar-refractivity contribution in [2.24, 2.45) is 23.2 Å². The largest absolute Gasteiger partial charge is 0.462 e. The first-order valence-corrected chi connectivity index (χ1v) is 10.7. The van der Waals surface area contributed by atoms with Crippen molar-refractivity contribution >= 4 is 17.7 Å². The van der Waals surface area contributed by atoms with Gasteiger partial charge < -0.3 is 9.47 Å². The predicted octanol–water partition coefficient (Wildman–Crippen LogP) is 4.80. The Balaban J connectivity index is 2.17. The van der Waals surface area contributed by atoms with Gasteiger partial charge in [0.1, 0.15) is 18.5 Å². The summed E-state index contributed by atoms with van der Waals surface area (Å²) in [6.07, 6.45) is 6.45. The van der Waals surface area contributed by atoms with Gasteiger partial charge in [-0.3, -0.25) is 14.4 Å². The fraction of sp³-hybridized carbons (Fsp3) is 0.708. The number of carbonyl (C=O) groups is 3. The van der Waals surface area contributed by atoms with E-state index in [-0.39, 0.29) is 36.0 Å². The van der Waals surface area contributed by atoms with Gasteiger partial charge in [-0.25, -0.2) is 0 Å². The van der Waals surface area contributed by atoms with Gasteiger partial charge in [0.25, 0.3) is 0 Å². The maximum Gasteiger partial charge on any atom is 0.302 e. The Kier molecular flexibility index (Phi) is 7.84. The maximum absolute atomic E-state index is 12.3. The summed E-state index contributed by atoms with van der Waals surface area (Å²) >= 11 is 0. The Morgan fingerprint density at radius 2 is 1.90 bits per heavy atom. The van der Waals surface area contributed by atoms with E-state index in [1.165, 1.54) is 13.8 Å². The van der Waals surface area contributed by atoms with E-state index in [2.05, 4.69) is 13.5 Å².